The molecular formula is C7H16N2O2. The summed E-state index contributed by atoms with van der Waals surface area (Å²) in [6.07, 6.45) is 0. The van der Waals surface area contributed by atoms with Crippen molar-refractivity contribution in [2.24, 2.45) is 11.7 Å². The topological polar surface area (TPSA) is 75.3 Å². The van der Waals surface area contributed by atoms with E-state index in [2.05, 4.69) is 5.32 Å². The molecule has 0 aromatic carbocycles. The molecule has 0 heterocycles. The Balaban J connectivity index is 3.46. The standard InChI is InChI=1S/C7H16N2O2/c1-5(4-10)3-9-7(11)6(2)8/h5-6,10H,3-4,8H2,1-2H3,(H,9,11). The summed E-state index contributed by atoms with van der Waals surface area (Å²) in [5.74, 6) is -0.0806. The third-order valence-electron chi connectivity index (χ3n) is 1.35. The maximum atomic E-state index is 10.8. The fraction of sp³-hybridized carbons (Fsp3) is 0.857. The average molecular weight is 160 g/mol. The van der Waals surface area contributed by atoms with Crippen LogP contribution < -0.4 is 11.1 Å². The van der Waals surface area contributed by atoms with E-state index < -0.39 is 6.04 Å². The molecule has 11 heavy (non-hydrogen) atoms. The molecule has 66 valence electrons. The van der Waals surface area contributed by atoms with Crippen molar-refractivity contribution < 1.29 is 9.90 Å². The number of hydrogen-bond acceptors (Lipinski definition) is 3. The Hall–Kier alpha value is -0.610. The highest BCUT2D eigenvalue weighted by molar-refractivity contribution is 5.80. The number of amides is 1. The van der Waals surface area contributed by atoms with Gasteiger partial charge < -0.3 is 16.2 Å². The van der Waals surface area contributed by atoms with Crippen LogP contribution in [0.5, 0.6) is 0 Å². The van der Waals surface area contributed by atoms with Crippen LogP contribution in [-0.4, -0.2) is 30.2 Å². The van der Waals surface area contributed by atoms with Gasteiger partial charge in [0.1, 0.15) is 0 Å². The lowest BCUT2D eigenvalue weighted by Gasteiger charge is -2.10. The molecule has 0 aliphatic carbocycles. The first-order valence-corrected chi connectivity index (χ1v) is 3.72. The lowest BCUT2D eigenvalue weighted by atomic mass is 10.2. The predicted molar refractivity (Wildman–Crippen MR) is 42.9 cm³/mol. The Bertz CT molecular complexity index is 126. The van der Waals surface area contributed by atoms with Gasteiger partial charge in [-0.05, 0) is 12.8 Å². The third-order valence-corrected chi connectivity index (χ3v) is 1.35. The van der Waals surface area contributed by atoms with Crippen molar-refractivity contribution >= 4 is 5.91 Å². The van der Waals surface area contributed by atoms with E-state index in [0.29, 0.717) is 6.54 Å². The van der Waals surface area contributed by atoms with Crippen LogP contribution in [-0.2, 0) is 4.79 Å². The van der Waals surface area contributed by atoms with Crippen molar-refractivity contribution in [2.45, 2.75) is 19.9 Å². The highest BCUT2D eigenvalue weighted by Gasteiger charge is 2.07. The van der Waals surface area contributed by atoms with E-state index in [9.17, 15) is 4.79 Å². The molecule has 4 nitrogen and oxygen atoms in total. The minimum Gasteiger partial charge on any atom is -0.396 e. The van der Waals surface area contributed by atoms with Gasteiger partial charge >= 0.3 is 0 Å². The van der Waals surface area contributed by atoms with E-state index in [1.165, 1.54) is 0 Å². The smallest absolute Gasteiger partial charge is 0.236 e. The molecule has 2 atom stereocenters. The summed E-state index contributed by atoms with van der Waals surface area (Å²) >= 11 is 0. The lowest BCUT2D eigenvalue weighted by Crippen LogP contribution is -2.40. The molecule has 0 spiro atoms. The zero-order valence-corrected chi connectivity index (χ0v) is 7.00. The first kappa shape index (κ1) is 10.4. The SMILES string of the molecule is CC(CO)CNC(=O)C(C)N. The number of hydrogen-bond donors (Lipinski definition) is 3. The highest BCUT2D eigenvalue weighted by Crippen LogP contribution is 1.88. The number of aliphatic hydroxyl groups is 1. The van der Waals surface area contributed by atoms with Gasteiger partial charge in [-0.2, -0.15) is 0 Å². The Morgan fingerprint density at radius 3 is 2.55 bits per heavy atom. The van der Waals surface area contributed by atoms with Crippen molar-refractivity contribution in [1.82, 2.24) is 5.32 Å². The average Bonchev–Trinajstić information content (AvgIpc) is 1.99. The Morgan fingerprint density at radius 1 is 1.64 bits per heavy atom. The molecule has 0 saturated heterocycles. The number of nitrogens with two attached hydrogens (primary N) is 1. The molecule has 0 rings (SSSR count). The summed E-state index contributed by atoms with van der Waals surface area (Å²) in [6.45, 7) is 4.04. The van der Waals surface area contributed by atoms with Gasteiger partial charge in [-0.3, -0.25) is 4.79 Å². The van der Waals surface area contributed by atoms with E-state index in [4.69, 9.17) is 10.8 Å². The first-order chi connectivity index (χ1) is 5.07. The minimum atomic E-state index is -0.471. The maximum Gasteiger partial charge on any atom is 0.236 e. The quantitative estimate of drug-likeness (QED) is 0.498. The summed E-state index contributed by atoms with van der Waals surface area (Å²) in [4.78, 5) is 10.8. The summed E-state index contributed by atoms with van der Waals surface area (Å²) in [6, 6.07) is -0.471. The van der Waals surface area contributed by atoms with Crippen LogP contribution in [0.4, 0.5) is 0 Å². The van der Waals surface area contributed by atoms with Crippen molar-refractivity contribution in [2.75, 3.05) is 13.2 Å². The van der Waals surface area contributed by atoms with Gasteiger partial charge in [0.25, 0.3) is 0 Å². The monoisotopic (exact) mass is 160 g/mol. The van der Waals surface area contributed by atoms with Gasteiger partial charge in [0.2, 0.25) is 5.91 Å². The van der Waals surface area contributed by atoms with Crippen LogP contribution in [0.25, 0.3) is 0 Å². The fourth-order valence-electron chi connectivity index (χ4n) is 0.500. The van der Waals surface area contributed by atoms with Gasteiger partial charge in [0.05, 0.1) is 6.04 Å². The van der Waals surface area contributed by atoms with Crippen LogP contribution in [0.1, 0.15) is 13.8 Å². The van der Waals surface area contributed by atoms with Crippen molar-refractivity contribution in [1.29, 1.82) is 0 Å². The van der Waals surface area contributed by atoms with E-state index in [-0.39, 0.29) is 18.4 Å². The molecule has 2 unspecified atom stereocenters. The van der Waals surface area contributed by atoms with Crippen LogP contribution >= 0.6 is 0 Å². The van der Waals surface area contributed by atoms with Gasteiger partial charge in [-0.15, -0.1) is 0 Å². The van der Waals surface area contributed by atoms with Crippen molar-refractivity contribution in [3.63, 3.8) is 0 Å². The zero-order chi connectivity index (χ0) is 8.85. The van der Waals surface area contributed by atoms with Crippen molar-refractivity contribution in [3.8, 4) is 0 Å². The molecule has 4 heteroatoms. The highest BCUT2D eigenvalue weighted by atomic mass is 16.3. The number of rotatable bonds is 4. The van der Waals surface area contributed by atoms with E-state index >= 15 is 0 Å². The molecular weight excluding hydrogens is 144 g/mol. The second-order valence-electron chi connectivity index (χ2n) is 2.82. The van der Waals surface area contributed by atoms with Gasteiger partial charge in [0.15, 0.2) is 0 Å². The molecule has 4 N–H and O–H groups in total. The number of carbonyl (C=O) groups is 1. The molecule has 0 fully saturated rings. The normalized spacial score (nSPS) is 15.6. The largest absolute Gasteiger partial charge is 0.396 e. The third kappa shape index (κ3) is 4.75. The summed E-state index contributed by atoms with van der Waals surface area (Å²) < 4.78 is 0. The molecule has 0 radical (unpaired) electrons. The molecule has 0 aromatic heterocycles. The Morgan fingerprint density at radius 2 is 2.18 bits per heavy atom. The number of aliphatic hydroxyl groups excluding tert-OH is 1. The van der Waals surface area contributed by atoms with E-state index in [1.807, 2.05) is 6.92 Å². The maximum absolute atomic E-state index is 10.8. The number of carbonyl (C=O) groups excluding carboxylic acids is 1. The van der Waals surface area contributed by atoms with E-state index in [0.717, 1.165) is 0 Å². The zero-order valence-electron chi connectivity index (χ0n) is 7.00. The lowest BCUT2D eigenvalue weighted by molar-refractivity contribution is -0.122. The Kier molecular flexibility index (Phi) is 4.81. The molecule has 0 aliphatic rings. The van der Waals surface area contributed by atoms with Gasteiger partial charge in [-0.1, -0.05) is 6.92 Å². The summed E-state index contributed by atoms with van der Waals surface area (Å²) in [5, 5.41) is 11.2. The molecule has 0 aromatic rings. The van der Waals surface area contributed by atoms with E-state index in [1.54, 1.807) is 6.92 Å². The van der Waals surface area contributed by atoms with Crippen LogP contribution in [0.15, 0.2) is 0 Å². The van der Waals surface area contributed by atoms with Crippen LogP contribution in [0, 0.1) is 5.92 Å². The van der Waals surface area contributed by atoms with Gasteiger partial charge in [0, 0.05) is 13.2 Å². The fourth-order valence-corrected chi connectivity index (χ4v) is 0.500. The molecule has 1 amide bonds. The summed E-state index contributed by atoms with van der Waals surface area (Å²) in [7, 11) is 0. The molecule has 0 aliphatic heterocycles. The molecule has 0 bridgehead atoms. The second kappa shape index (κ2) is 5.09. The van der Waals surface area contributed by atoms with Gasteiger partial charge in [-0.25, -0.2) is 0 Å². The van der Waals surface area contributed by atoms with Crippen molar-refractivity contribution in [3.05, 3.63) is 0 Å². The predicted octanol–water partition coefficient (Wildman–Crippen LogP) is -0.922. The Labute approximate surface area is 66.8 Å². The summed E-state index contributed by atoms with van der Waals surface area (Å²) in [5.41, 5.74) is 5.29. The number of nitrogens with one attached hydrogen (secondary N) is 1. The van der Waals surface area contributed by atoms with Crippen LogP contribution in [0.3, 0.4) is 0 Å². The molecule has 0 saturated carbocycles. The minimum absolute atomic E-state index is 0.0826. The first-order valence-electron chi connectivity index (χ1n) is 3.72. The van der Waals surface area contributed by atoms with Crippen LogP contribution in [0.2, 0.25) is 0 Å². The second-order valence-corrected chi connectivity index (χ2v) is 2.82.